The topological polar surface area (TPSA) is 30.0 Å². The highest BCUT2D eigenvalue weighted by atomic mass is 32.1. The first-order valence-electron chi connectivity index (χ1n) is 3.97. The number of aromatic nitrogens is 1. The van der Waals surface area contributed by atoms with Crippen LogP contribution >= 0.6 is 11.3 Å². The minimum Gasteiger partial charge on any atom is -0.295 e. The van der Waals surface area contributed by atoms with Crippen LogP contribution in [-0.2, 0) is 0 Å². The molecule has 2 rings (SSSR count). The van der Waals surface area contributed by atoms with Gasteiger partial charge in [-0.3, -0.25) is 4.79 Å². The molecule has 0 amide bonds. The molecular weight excluding hydrogens is 201 g/mol. The Labute approximate surface area is 84.0 Å². The van der Waals surface area contributed by atoms with Gasteiger partial charge in [0.25, 0.3) is 0 Å². The first-order chi connectivity index (χ1) is 6.81. The van der Waals surface area contributed by atoms with Crippen molar-refractivity contribution in [2.45, 2.75) is 0 Å². The van der Waals surface area contributed by atoms with Gasteiger partial charge in [-0.2, -0.15) is 0 Å². The highest BCUT2D eigenvalue weighted by Crippen LogP contribution is 2.27. The summed E-state index contributed by atoms with van der Waals surface area (Å²) >= 11 is 1.18. The normalized spacial score (nSPS) is 10.1. The van der Waals surface area contributed by atoms with Crippen LogP contribution < -0.4 is 0 Å². The van der Waals surface area contributed by atoms with Gasteiger partial charge >= 0.3 is 0 Å². The lowest BCUT2D eigenvalue weighted by Gasteiger charge is -1.96. The molecule has 1 aromatic heterocycles. The van der Waals surface area contributed by atoms with Crippen LogP contribution in [0.4, 0.5) is 4.39 Å². The summed E-state index contributed by atoms with van der Waals surface area (Å²) in [4.78, 5) is 14.9. The fourth-order valence-corrected chi connectivity index (χ4v) is 1.89. The van der Waals surface area contributed by atoms with E-state index in [-0.39, 0.29) is 5.82 Å². The van der Waals surface area contributed by atoms with Crippen molar-refractivity contribution in [1.29, 1.82) is 0 Å². The molecule has 0 spiro atoms. The average molecular weight is 207 g/mol. The van der Waals surface area contributed by atoms with Crippen LogP contribution in [0.2, 0.25) is 0 Å². The van der Waals surface area contributed by atoms with Crippen LogP contribution in [0.3, 0.4) is 0 Å². The van der Waals surface area contributed by atoms with E-state index in [4.69, 9.17) is 0 Å². The molecule has 4 heteroatoms. The summed E-state index contributed by atoms with van der Waals surface area (Å²) in [7, 11) is 0. The van der Waals surface area contributed by atoms with Crippen molar-refractivity contribution in [2.75, 3.05) is 0 Å². The van der Waals surface area contributed by atoms with E-state index in [0.717, 1.165) is 0 Å². The van der Waals surface area contributed by atoms with Crippen molar-refractivity contribution in [3.63, 3.8) is 0 Å². The van der Waals surface area contributed by atoms with E-state index in [1.807, 2.05) is 0 Å². The Hall–Kier alpha value is -1.55. The van der Waals surface area contributed by atoms with E-state index in [1.165, 1.54) is 23.6 Å². The van der Waals surface area contributed by atoms with Crippen molar-refractivity contribution in [3.8, 4) is 10.4 Å². The number of benzene rings is 1. The van der Waals surface area contributed by atoms with E-state index < -0.39 is 0 Å². The predicted molar refractivity (Wildman–Crippen MR) is 52.9 cm³/mol. The Morgan fingerprint density at radius 2 is 2.14 bits per heavy atom. The molecular formula is C10H6FNOS. The van der Waals surface area contributed by atoms with Gasteiger partial charge in [0.05, 0.1) is 4.88 Å². The molecule has 1 heterocycles. The van der Waals surface area contributed by atoms with Crippen LogP contribution in [-0.4, -0.2) is 11.3 Å². The number of hydrogen-bond donors (Lipinski definition) is 0. The summed E-state index contributed by atoms with van der Waals surface area (Å²) in [6.45, 7) is 0. The maximum atomic E-state index is 13.3. The van der Waals surface area contributed by atoms with Gasteiger partial charge in [-0.05, 0) is 6.07 Å². The molecule has 0 unspecified atom stereocenters. The van der Waals surface area contributed by atoms with Crippen LogP contribution in [0.15, 0.2) is 30.5 Å². The number of hydrogen-bond acceptors (Lipinski definition) is 3. The van der Waals surface area contributed by atoms with E-state index in [9.17, 15) is 9.18 Å². The van der Waals surface area contributed by atoms with Gasteiger partial charge in [0.2, 0.25) is 0 Å². The van der Waals surface area contributed by atoms with Gasteiger partial charge in [0.1, 0.15) is 5.82 Å². The van der Waals surface area contributed by atoms with Crippen molar-refractivity contribution >= 4 is 17.6 Å². The van der Waals surface area contributed by atoms with Crippen LogP contribution in [0.1, 0.15) is 9.80 Å². The van der Waals surface area contributed by atoms with Crippen molar-refractivity contribution in [2.24, 2.45) is 0 Å². The largest absolute Gasteiger partial charge is 0.295 e. The third-order valence-electron chi connectivity index (χ3n) is 1.76. The minimum absolute atomic E-state index is 0.298. The molecule has 0 aliphatic carbocycles. The van der Waals surface area contributed by atoms with Gasteiger partial charge in [0.15, 0.2) is 11.3 Å². The second-order valence-corrected chi connectivity index (χ2v) is 3.72. The lowest BCUT2D eigenvalue weighted by molar-refractivity contribution is 0.112. The molecule has 0 aliphatic rings. The number of carbonyl (C=O) groups excluding carboxylic acids is 1. The Morgan fingerprint density at radius 3 is 2.79 bits per heavy atom. The molecule has 0 saturated carbocycles. The van der Waals surface area contributed by atoms with Crippen LogP contribution in [0.25, 0.3) is 10.4 Å². The average Bonchev–Trinajstić information content (AvgIpc) is 2.67. The van der Waals surface area contributed by atoms with Crippen LogP contribution in [0.5, 0.6) is 0 Å². The summed E-state index contributed by atoms with van der Waals surface area (Å²) in [5.41, 5.74) is 0.484. The molecule has 0 aliphatic heterocycles. The maximum Gasteiger partial charge on any atom is 0.178 e. The fraction of sp³-hybridized carbons (Fsp3) is 0. The summed E-state index contributed by atoms with van der Waals surface area (Å²) in [5, 5.41) is 0.364. The monoisotopic (exact) mass is 207 g/mol. The maximum absolute atomic E-state index is 13.3. The van der Waals surface area contributed by atoms with E-state index >= 15 is 0 Å². The quantitative estimate of drug-likeness (QED) is 0.709. The molecule has 0 saturated heterocycles. The highest BCUT2D eigenvalue weighted by Gasteiger charge is 2.07. The van der Waals surface area contributed by atoms with Gasteiger partial charge in [0, 0.05) is 11.8 Å². The number of rotatable bonds is 2. The SMILES string of the molecule is O=Cc1ncc(-c2ccccc2F)s1. The fourth-order valence-electron chi connectivity index (χ4n) is 1.13. The van der Waals surface area contributed by atoms with Crippen molar-refractivity contribution < 1.29 is 9.18 Å². The smallest absolute Gasteiger partial charge is 0.178 e. The lowest BCUT2D eigenvalue weighted by atomic mass is 10.2. The van der Waals surface area contributed by atoms with Crippen molar-refractivity contribution in [1.82, 2.24) is 4.98 Å². The number of nitrogens with zero attached hydrogens (tertiary/aromatic N) is 1. The Balaban J connectivity index is 2.49. The first-order valence-corrected chi connectivity index (χ1v) is 4.79. The highest BCUT2D eigenvalue weighted by molar-refractivity contribution is 7.16. The summed E-state index contributed by atoms with van der Waals surface area (Å²) in [6, 6.07) is 6.42. The van der Waals surface area contributed by atoms with Crippen LogP contribution in [0, 0.1) is 5.82 Å². The number of thiazole rings is 1. The number of aldehydes is 1. The van der Waals surface area contributed by atoms with E-state index in [0.29, 0.717) is 21.7 Å². The molecule has 70 valence electrons. The Kier molecular flexibility index (Phi) is 2.37. The Morgan fingerprint density at radius 1 is 1.36 bits per heavy atom. The third kappa shape index (κ3) is 1.56. The zero-order chi connectivity index (χ0) is 9.97. The predicted octanol–water partition coefficient (Wildman–Crippen LogP) is 2.76. The van der Waals surface area contributed by atoms with E-state index in [2.05, 4.69) is 4.98 Å². The zero-order valence-corrected chi connectivity index (χ0v) is 7.92. The number of halogens is 1. The van der Waals surface area contributed by atoms with Gasteiger partial charge in [-0.1, -0.05) is 18.2 Å². The molecule has 0 fully saturated rings. The lowest BCUT2D eigenvalue weighted by Crippen LogP contribution is -1.78. The third-order valence-corrected chi connectivity index (χ3v) is 2.72. The molecule has 14 heavy (non-hydrogen) atoms. The molecule has 2 nitrogen and oxygen atoms in total. The zero-order valence-electron chi connectivity index (χ0n) is 7.11. The summed E-state index contributed by atoms with van der Waals surface area (Å²) < 4.78 is 13.3. The van der Waals surface area contributed by atoms with Gasteiger partial charge in [-0.15, -0.1) is 11.3 Å². The van der Waals surface area contributed by atoms with E-state index in [1.54, 1.807) is 18.2 Å². The van der Waals surface area contributed by atoms with Gasteiger partial charge < -0.3 is 0 Å². The van der Waals surface area contributed by atoms with Gasteiger partial charge in [-0.25, -0.2) is 9.37 Å². The van der Waals surface area contributed by atoms with Crippen molar-refractivity contribution in [3.05, 3.63) is 41.3 Å². The molecule has 0 bridgehead atoms. The second-order valence-electron chi connectivity index (χ2n) is 2.66. The molecule has 0 atom stereocenters. The molecule has 0 radical (unpaired) electrons. The summed E-state index contributed by atoms with van der Waals surface area (Å²) in [6.07, 6.45) is 2.17. The summed E-state index contributed by atoms with van der Waals surface area (Å²) in [5.74, 6) is -0.298. The standard InChI is InChI=1S/C10H6FNOS/c11-8-4-2-1-3-7(8)9-5-12-10(6-13)14-9/h1-6H. The first kappa shape index (κ1) is 9.02. The Bertz CT molecular complexity index is 467. The molecule has 1 aromatic carbocycles. The molecule has 0 N–H and O–H groups in total. The minimum atomic E-state index is -0.298. The second kappa shape index (κ2) is 3.67. The molecule has 2 aromatic rings. The number of carbonyl (C=O) groups is 1.